The fourth-order valence-corrected chi connectivity index (χ4v) is 41.2. The smallest absolute Gasteiger partial charge is 0.549 e. The number of hydrogen-bond donors (Lipinski definition) is 0. The Morgan fingerprint density at radius 3 is 0.419 bits per heavy atom. The zero-order chi connectivity index (χ0) is 63.9. The van der Waals surface area contributed by atoms with E-state index < -0.39 is 88.1 Å². The number of carbonyl (C=O) groups is 8. The van der Waals surface area contributed by atoms with Crippen molar-refractivity contribution >= 4 is 182 Å². The van der Waals surface area contributed by atoms with Gasteiger partial charge in [0.25, 0.3) is 0 Å². The molecule has 0 bridgehead atoms. The van der Waals surface area contributed by atoms with E-state index in [0.717, 1.165) is 220 Å². The summed E-state index contributed by atoms with van der Waals surface area (Å²) in [4.78, 5) is 90.4. The molecule has 496 valence electrons. The molecular weight excluding hydrogens is 1510 g/mol. The maximum absolute atomic E-state index is 11.3. The van der Waals surface area contributed by atoms with Crippen molar-refractivity contribution in [3.8, 4) is 0 Å². The topological polar surface area (TPSA) is 321 Å². The van der Waals surface area contributed by atoms with E-state index >= 15 is 0 Å². The second-order valence-electron chi connectivity index (χ2n) is 24.4. The van der Waals surface area contributed by atoms with Crippen LogP contribution < -0.4 is 277 Å². The van der Waals surface area contributed by atoms with Crippen molar-refractivity contribution in [2.24, 2.45) is 0 Å². The van der Waals surface area contributed by atoms with E-state index in [1.165, 1.54) is 94.1 Å². The van der Waals surface area contributed by atoms with E-state index in [4.69, 9.17) is 0 Å². The molecule has 0 aromatic rings. The summed E-state index contributed by atoms with van der Waals surface area (Å²) in [5.41, 5.74) is 0. The van der Waals surface area contributed by atoms with Crippen molar-refractivity contribution in [1.29, 1.82) is 0 Å². The average Bonchev–Trinajstić information content (AvgIpc) is 2.72. The summed E-state index contributed by atoms with van der Waals surface area (Å²) in [5.74, 6) is -3.22. The zero-order valence-electron chi connectivity index (χ0n) is 59.4. The number of carboxylic acid groups (broad SMARTS) is 8. The van der Waals surface area contributed by atoms with Crippen LogP contribution in [0.25, 0.3) is 0 Å². The van der Waals surface area contributed by atoms with Gasteiger partial charge in [0.1, 0.15) is 0 Å². The van der Waals surface area contributed by atoms with E-state index in [0.29, 0.717) is 0 Å². The summed E-state index contributed by atoms with van der Waals surface area (Å²) in [6.45, 7) is 9.88. The SMILES string of the molecule is C[Si](CCCSCC(=O)[O-])(CCCSCC(=O)[O-])CCC[Si](CCC[Si](C)(CCCSCC(=O)[O-])CCCSCC(=O)[O-])(CCC[Si](C)(CCCSCC(=O)[O-])CCCSCC(=O)[O-])CCC[Si](C)(CCCSCC(=O)[O-])CCCSCC(=O)[O-].[Na+].[Na+].[Na+].[Na+].[Na+].[Na+].[Na+].[Na+]. The minimum Gasteiger partial charge on any atom is -0.549 e. The first-order valence-corrected chi connectivity index (χ1v) is 54.9. The van der Waals surface area contributed by atoms with Crippen molar-refractivity contribution in [3.05, 3.63) is 0 Å². The Kier molecular flexibility index (Phi) is 96.1. The van der Waals surface area contributed by atoms with Gasteiger partial charge >= 0.3 is 236 Å². The Bertz CT molecular complexity index is 1590. The first-order chi connectivity index (χ1) is 40.2. The van der Waals surface area contributed by atoms with Crippen LogP contribution in [-0.4, -0.2) is 180 Å². The van der Waals surface area contributed by atoms with Crippen molar-refractivity contribution in [3.63, 3.8) is 0 Å². The van der Waals surface area contributed by atoms with Crippen molar-refractivity contribution in [1.82, 2.24) is 0 Å². The van der Waals surface area contributed by atoms with Gasteiger partial charge in [0.2, 0.25) is 0 Å². The number of rotatable bonds is 64. The van der Waals surface area contributed by atoms with Crippen LogP contribution in [0.2, 0.25) is 123 Å². The van der Waals surface area contributed by atoms with Gasteiger partial charge in [-0.05, 0) is 97.4 Å². The summed E-state index contributed by atoms with van der Waals surface area (Å²) < 4.78 is 0. The third-order valence-corrected chi connectivity index (χ3v) is 48.8. The molecule has 0 fully saturated rings. The van der Waals surface area contributed by atoms with Crippen molar-refractivity contribution in [2.75, 3.05) is 92.0 Å². The number of aliphatic carboxylic acids is 8. The molecule has 0 aliphatic heterocycles. The van der Waals surface area contributed by atoms with E-state index in [1.807, 2.05) is 0 Å². The molecule has 0 saturated heterocycles. The predicted octanol–water partition coefficient (Wildman–Crippen LogP) is -19.7. The number of carboxylic acids is 8. The van der Waals surface area contributed by atoms with Gasteiger partial charge in [-0.2, -0.15) is 94.1 Å². The number of thioether (sulfide) groups is 8. The molecule has 0 aliphatic carbocycles. The fourth-order valence-electron chi connectivity index (χ4n) is 11.9. The Hall–Kier alpha value is 7.64. The van der Waals surface area contributed by atoms with E-state index in [1.54, 1.807) is 0 Å². The molecule has 0 rings (SSSR count). The van der Waals surface area contributed by atoms with Crippen LogP contribution in [0.4, 0.5) is 0 Å². The first kappa shape index (κ1) is 119. The molecule has 0 atom stereocenters. The van der Waals surface area contributed by atoms with Crippen LogP contribution in [0.3, 0.4) is 0 Å². The number of hydrogen-bond acceptors (Lipinski definition) is 24. The molecular formula is C56H100Na8O16S8Si5. The molecule has 0 saturated carbocycles. The summed E-state index contributed by atoms with van der Waals surface area (Å²) >= 11 is 11.1. The third-order valence-electron chi connectivity index (χ3n) is 16.3. The first-order valence-electron chi connectivity index (χ1n) is 30.4. The van der Waals surface area contributed by atoms with Crippen LogP contribution in [0.15, 0.2) is 0 Å². The summed E-state index contributed by atoms with van der Waals surface area (Å²) in [6, 6.07) is 17.4. The Labute approximate surface area is 776 Å². The van der Waals surface area contributed by atoms with Gasteiger partial charge in [-0.15, -0.1) is 0 Å². The van der Waals surface area contributed by atoms with Gasteiger partial charge in [0.05, 0.1) is 88.1 Å². The molecule has 16 nitrogen and oxygen atoms in total. The molecule has 0 aromatic heterocycles. The molecule has 93 heavy (non-hydrogen) atoms. The third kappa shape index (κ3) is 76.2. The zero-order valence-corrected chi connectivity index (χ0v) is 86.9. The van der Waals surface area contributed by atoms with Gasteiger partial charge in [-0.3, -0.25) is 0 Å². The molecule has 0 unspecified atom stereocenters. The van der Waals surface area contributed by atoms with Gasteiger partial charge in [0, 0.05) is 46.0 Å². The minimum absolute atomic E-state index is 0. The average molecular weight is 1610 g/mol. The van der Waals surface area contributed by atoms with Crippen molar-refractivity contribution < 1.29 is 316 Å². The van der Waals surface area contributed by atoms with Crippen LogP contribution in [0.1, 0.15) is 77.0 Å². The Balaban J connectivity index is -0.00000126. The van der Waals surface area contributed by atoms with E-state index in [-0.39, 0.29) is 282 Å². The molecule has 0 spiro atoms. The quantitative estimate of drug-likeness (QED) is 0.0403. The molecule has 37 heteroatoms. The maximum atomic E-state index is 11.3. The second kappa shape index (κ2) is 75.1. The second-order valence-corrected chi connectivity index (χ2v) is 58.7. The van der Waals surface area contributed by atoms with Crippen LogP contribution in [-0.2, 0) is 38.4 Å². The summed E-state index contributed by atoms with van der Waals surface area (Å²) in [6.07, 6.45) is 11.5. The summed E-state index contributed by atoms with van der Waals surface area (Å²) in [5, 5.41) is 90.4. The molecule has 0 aliphatic rings. The van der Waals surface area contributed by atoms with Crippen LogP contribution in [0, 0.1) is 0 Å². The molecule has 0 radical (unpaired) electrons. The normalized spacial score (nSPS) is 11.3. The van der Waals surface area contributed by atoms with Gasteiger partial charge in [0.15, 0.2) is 0 Å². The number of carbonyl (C=O) groups excluding carboxylic acids is 8. The molecule has 0 N–H and O–H groups in total. The van der Waals surface area contributed by atoms with Crippen LogP contribution >= 0.6 is 94.1 Å². The Morgan fingerprint density at radius 1 is 0.204 bits per heavy atom. The van der Waals surface area contributed by atoms with Crippen LogP contribution in [0.5, 0.6) is 0 Å². The standard InChI is InChI=1S/C56H108O16S8Si5.8Na/c1-81(25-5-17-73-41-49(57)58,26-6-18-74-42-50(59)60)33-13-37-85(38-14-34-82(2,27-7-19-75-43-51(61)62)28-8-20-76-44-52(63)64,39-15-35-83(3,29-9-21-77-45-53(65)66)30-10-22-78-46-54(67)68)40-16-36-84(4,31-11-23-79-47-55(69)70)32-12-24-80-48-56(71)72;;;;;;;;/h5-48H2,1-4H3,(H,57,58)(H,59,60)(H,61,62)(H,63,64)(H,65,66)(H,67,68)(H,69,70)(H,71,72);;;;;;;;/q;8*+1/p-8. The fraction of sp³-hybridized carbons (Fsp3) is 0.857. The monoisotopic (exact) mass is 1610 g/mol. The Morgan fingerprint density at radius 2 is 0.312 bits per heavy atom. The van der Waals surface area contributed by atoms with Crippen molar-refractivity contribution in [2.45, 2.75) is 200 Å². The maximum Gasteiger partial charge on any atom is 1.00 e. The molecule has 0 heterocycles. The van der Waals surface area contributed by atoms with Gasteiger partial charge < -0.3 is 79.2 Å². The van der Waals surface area contributed by atoms with Gasteiger partial charge in [-0.1, -0.05) is 149 Å². The molecule has 0 aromatic carbocycles. The van der Waals surface area contributed by atoms with Gasteiger partial charge in [-0.25, -0.2) is 0 Å². The van der Waals surface area contributed by atoms with E-state index in [9.17, 15) is 79.2 Å². The minimum atomic E-state index is -2.17. The predicted molar refractivity (Wildman–Crippen MR) is 363 cm³/mol. The summed E-state index contributed by atoms with van der Waals surface area (Å²) in [7, 11) is -9.88. The largest absolute Gasteiger partial charge is 1.00 e. The molecule has 0 amide bonds. The van der Waals surface area contributed by atoms with E-state index in [2.05, 4.69) is 26.2 Å².